The van der Waals surface area contributed by atoms with Crippen LogP contribution in [0.15, 0.2) is 23.4 Å². The van der Waals surface area contributed by atoms with Crippen LogP contribution in [-0.4, -0.2) is 35.0 Å². The lowest BCUT2D eigenvalue weighted by molar-refractivity contribution is -0.132. The second-order valence-corrected chi connectivity index (χ2v) is 5.97. The van der Waals surface area contributed by atoms with Crippen LogP contribution in [0.1, 0.15) is 37.7 Å². The molecular formula is C16H18F2N2O3. The zero-order valence-corrected chi connectivity index (χ0v) is 12.5. The number of nitrogens with zero attached hydrogens (tertiary/aromatic N) is 1. The maximum Gasteiger partial charge on any atom is 0.264 e. The first kappa shape index (κ1) is 15.9. The van der Waals surface area contributed by atoms with Gasteiger partial charge in [0.15, 0.2) is 0 Å². The van der Waals surface area contributed by atoms with Crippen molar-refractivity contribution in [3.63, 3.8) is 0 Å². The van der Waals surface area contributed by atoms with Crippen molar-refractivity contribution in [2.75, 3.05) is 0 Å². The summed E-state index contributed by atoms with van der Waals surface area (Å²) in [6.07, 6.45) is 1.72. The van der Waals surface area contributed by atoms with E-state index < -0.39 is 17.7 Å². The Bertz CT molecular complexity index is 628. The maximum atomic E-state index is 13.7. The minimum absolute atomic E-state index is 0.00413. The lowest BCUT2D eigenvalue weighted by atomic mass is 9.93. The van der Waals surface area contributed by atoms with Crippen molar-refractivity contribution in [3.8, 4) is 0 Å². The molecule has 1 aliphatic heterocycles. The second kappa shape index (κ2) is 6.62. The van der Waals surface area contributed by atoms with E-state index in [1.54, 1.807) is 0 Å². The van der Waals surface area contributed by atoms with E-state index in [9.17, 15) is 18.7 Å². The zero-order valence-electron chi connectivity index (χ0n) is 12.5. The molecule has 7 heteroatoms. The van der Waals surface area contributed by atoms with Gasteiger partial charge in [0.25, 0.3) is 5.91 Å². The molecule has 1 saturated carbocycles. The summed E-state index contributed by atoms with van der Waals surface area (Å²) < 4.78 is 27.0. The van der Waals surface area contributed by atoms with Gasteiger partial charge in [-0.2, -0.15) is 0 Å². The van der Waals surface area contributed by atoms with Crippen molar-refractivity contribution in [2.24, 2.45) is 5.16 Å². The molecule has 2 N–H and O–H groups in total. The van der Waals surface area contributed by atoms with Gasteiger partial charge in [-0.3, -0.25) is 4.79 Å². The molecule has 1 aromatic rings. The molecule has 1 unspecified atom stereocenters. The minimum atomic E-state index is -0.834. The highest BCUT2D eigenvalue weighted by Crippen LogP contribution is 2.22. The quantitative estimate of drug-likeness (QED) is 0.892. The highest BCUT2D eigenvalue weighted by atomic mass is 19.1. The van der Waals surface area contributed by atoms with Gasteiger partial charge < -0.3 is 15.3 Å². The van der Waals surface area contributed by atoms with E-state index in [0.29, 0.717) is 25.7 Å². The van der Waals surface area contributed by atoms with E-state index >= 15 is 0 Å². The van der Waals surface area contributed by atoms with Crippen LogP contribution in [-0.2, 0) is 9.63 Å². The van der Waals surface area contributed by atoms with E-state index in [-0.39, 0.29) is 35.7 Å². The summed E-state index contributed by atoms with van der Waals surface area (Å²) >= 11 is 0. The van der Waals surface area contributed by atoms with Crippen LogP contribution in [0.3, 0.4) is 0 Å². The Balaban J connectivity index is 1.58. The number of nitrogens with one attached hydrogen (secondary N) is 1. The van der Waals surface area contributed by atoms with Crippen LogP contribution < -0.4 is 5.32 Å². The molecule has 2 aliphatic rings. The number of hydrogen-bond donors (Lipinski definition) is 2. The highest BCUT2D eigenvalue weighted by Gasteiger charge is 2.32. The van der Waals surface area contributed by atoms with E-state index in [0.717, 1.165) is 18.2 Å². The van der Waals surface area contributed by atoms with Crippen LogP contribution in [0.4, 0.5) is 8.78 Å². The molecule has 1 aliphatic carbocycles. The number of hydrogen-bond acceptors (Lipinski definition) is 4. The molecule has 23 heavy (non-hydrogen) atoms. The van der Waals surface area contributed by atoms with Gasteiger partial charge in [0.1, 0.15) is 11.6 Å². The van der Waals surface area contributed by atoms with Gasteiger partial charge in [-0.05, 0) is 43.9 Å². The molecule has 124 valence electrons. The lowest BCUT2D eigenvalue weighted by Gasteiger charge is -2.26. The van der Waals surface area contributed by atoms with Gasteiger partial charge in [0, 0.05) is 18.0 Å². The summed E-state index contributed by atoms with van der Waals surface area (Å²) in [7, 11) is 0. The molecule has 1 amide bonds. The third kappa shape index (κ3) is 3.67. The summed E-state index contributed by atoms with van der Waals surface area (Å²) in [5.74, 6) is -1.49. The van der Waals surface area contributed by atoms with Gasteiger partial charge in [-0.25, -0.2) is 8.78 Å². The number of halogens is 2. The summed E-state index contributed by atoms with van der Waals surface area (Å²) in [5, 5.41) is 16.0. The van der Waals surface area contributed by atoms with Gasteiger partial charge in [-0.15, -0.1) is 0 Å². The summed E-state index contributed by atoms with van der Waals surface area (Å²) in [5.41, 5.74) is 0.238. The minimum Gasteiger partial charge on any atom is -0.393 e. The SMILES string of the molecule is O=C(NC1CCC(O)CC1)C1CC(c2cc(F)ccc2F)=NO1. The first-order valence-corrected chi connectivity index (χ1v) is 7.69. The number of oxime groups is 1. The smallest absolute Gasteiger partial charge is 0.264 e. The van der Waals surface area contributed by atoms with E-state index in [2.05, 4.69) is 10.5 Å². The monoisotopic (exact) mass is 324 g/mol. The molecule has 0 saturated heterocycles. The van der Waals surface area contributed by atoms with Crippen molar-refractivity contribution >= 4 is 11.6 Å². The Morgan fingerprint density at radius 3 is 2.74 bits per heavy atom. The van der Waals surface area contributed by atoms with Crippen molar-refractivity contribution < 1.29 is 23.5 Å². The molecule has 1 atom stereocenters. The van der Waals surface area contributed by atoms with Crippen LogP contribution in [0.5, 0.6) is 0 Å². The molecule has 1 aromatic carbocycles. The Kier molecular flexibility index (Phi) is 4.56. The third-order valence-electron chi connectivity index (χ3n) is 4.24. The number of benzene rings is 1. The number of aliphatic hydroxyl groups excluding tert-OH is 1. The van der Waals surface area contributed by atoms with Crippen molar-refractivity contribution in [1.82, 2.24) is 5.32 Å². The van der Waals surface area contributed by atoms with E-state index in [4.69, 9.17) is 4.84 Å². The number of carbonyl (C=O) groups is 1. The molecule has 0 radical (unpaired) electrons. The Hall–Kier alpha value is -2.02. The molecule has 1 fully saturated rings. The number of carbonyl (C=O) groups excluding carboxylic acids is 1. The Labute approximate surface area is 132 Å². The van der Waals surface area contributed by atoms with E-state index in [1.807, 2.05) is 0 Å². The first-order chi connectivity index (χ1) is 11.0. The summed E-state index contributed by atoms with van der Waals surface area (Å²) in [6.45, 7) is 0. The normalized spacial score (nSPS) is 27.3. The van der Waals surface area contributed by atoms with Gasteiger partial charge >= 0.3 is 0 Å². The standard InChI is InChI=1S/C16H18F2N2O3/c17-9-1-6-13(18)12(7-9)14-8-15(23-20-14)16(22)19-10-2-4-11(21)5-3-10/h1,6-7,10-11,15,21H,2-5,8H2,(H,19,22). The fourth-order valence-corrected chi connectivity index (χ4v) is 2.91. The topological polar surface area (TPSA) is 70.9 Å². The molecule has 0 bridgehead atoms. The molecular weight excluding hydrogens is 306 g/mol. The van der Waals surface area contributed by atoms with Gasteiger partial charge in [0.2, 0.25) is 6.10 Å². The summed E-state index contributed by atoms with van der Waals surface area (Å²) in [6, 6.07) is 3.09. The molecule has 0 spiro atoms. The fraction of sp³-hybridized carbons (Fsp3) is 0.500. The lowest BCUT2D eigenvalue weighted by Crippen LogP contribution is -2.43. The predicted molar refractivity (Wildman–Crippen MR) is 78.8 cm³/mol. The van der Waals surface area contributed by atoms with Crippen LogP contribution in [0, 0.1) is 11.6 Å². The number of rotatable bonds is 3. The van der Waals surface area contributed by atoms with Crippen molar-refractivity contribution in [2.45, 2.75) is 50.4 Å². The molecule has 1 heterocycles. The van der Waals surface area contributed by atoms with Gasteiger partial charge in [-0.1, -0.05) is 5.16 Å². The summed E-state index contributed by atoms with van der Waals surface area (Å²) in [4.78, 5) is 17.3. The number of amides is 1. The average molecular weight is 324 g/mol. The van der Waals surface area contributed by atoms with Crippen LogP contribution in [0.2, 0.25) is 0 Å². The average Bonchev–Trinajstić information content (AvgIpc) is 3.02. The maximum absolute atomic E-state index is 13.7. The highest BCUT2D eigenvalue weighted by molar-refractivity contribution is 6.04. The van der Waals surface area contributed by atoms with Crippen molar-refractivity contribution in [1.29, 1.82) is 0 Å². The number of aliphatic hydroxyl groups is 1. The first-order valence-electron chi connectivity index (χ1n) is 7.69. The molecule has 0 aromatic heterocycles. The van der Waals surface area contributed by atoms with Gasteiger partial charge in [0.05, 0.1) is 11.8 Å². The second-order valence-electron chi connectivity index (χ2n) is 5.97. The Morgan fingerprint density at radius 1 is 1.26 bits per heavy atom. The fourth-order valence-electron chi connectivity index (χ4n) is 2.91. The molecule has 5 nitrogen and oxygen atoms in total. The molecule has 3 rings (SSSR count). The van der Waals surface area contributed by atoms with Crippen LogP contribution in [0.25, 0.3) is 0 Å². The van der Waals surface area contributed by atoms with E-state index in [1.165, 1.54) is 0 Å². The largest absolute Gasteiger partial charge is 0.393 e. The van der Waals surface area contributed by atoms with Crippen LogP contribution >= 0.6 is 0 Å². The zero-order chi connectivity index (χ0) is 16.4. The predicted octanol–water partition coefficient (Wildman–Crippen LogP) is 1.88. The van der Waals surface area contributed by atoms with Crippen molar-refractivity contribution in [3.05, 3.63) is 35.4 Å². The third-order valence-corrected chi connectivity index (χ3v) is 4.24. The Morgan fingerprint density at radius 2 is 2.00 bits per heavy atom.